The molecule has 0 saturated heterocycles. The number of carbonyl (C=O) groups excluding carboxylic acids is 1. The molecule has 138 valence electrons. The van der Waals surface area contributed by atoms with E-state index < -0.39 is 0 Å². The summed E-state index contributed by atoms with van der Waals surface area (Å²) in [4.78, 5) is 33.4. The average molecular weight is 393 g/mol. The number of aromatic amines is 2. The van der Waals surface area contributed by atoms with E-state index in [4.69, 9.17) is 4.74 Å². The number of anilines is 1. The first-order valence-corrected chi connectivity index (χ1v) is 10.0. The molecule has 2 aromatic rings. The Bertz CT molecular complexity index is 885. The number of rotatable bonds is 8. The van der Waals surface area contributed by atoms with Crippen molar-refractivity contribution in [3.05, 3.63) is 33.2 Å². The van der Waals surface area contributed by atoms with E-state index in [0.717, 1.165) is 35.2 Å². The number of nitriles is 1. The highest BCUT2D eigenvalue weighted by molar-refractivity contribution is 7.99. The third-order valence-corrected chi connectivity index (χ3v) is 5.02. The van der Waals surface area contributed by atoms with Crippen LogP contribution in [0.2, 0.25) is 0 Å². The second-order valence-corrected chi connectivity index (χ2v) is 7.21. The molecular formula is C16H19N5O3S2. The fourth-order valence-electron chi connectivity index (χ4n) is 2.23. The van der Waals surface area contributed by atoms with Crippen LogP contribution in [-0.4, -0.2) is 45.7 Å². The van der Waals surface area contributed by atoms with Crippen LogP contribution < -0.4 is 15.6 Å². The number of carbonyl (C=O) groups is 1. The number of ether oxygens (including phenoxy) is 1. The van der Waals surface area contributed by atoms with Crippen LogP contribution in [0.3, 0.4) is 0 Å². The zero-order chi connectivity index (χ0) is 19.1. The smallest absolute Gasteiger partial charge is 0.255 e. The van der Waals surface area contributed by atoms with Gasteiger partial charge in [0.2, 0.25) is 11.8 Å². The van der Waals surface area contributed by atoms with Crippen molar-refractivity contribution in [1.82, 2.24) is 15.0 Å². The van der Waals surface area contributed by atoms with E-state index >= 15 is 0 Å². The van der Waals surface area contributed by atoms with Crippen LogP contribution in [0, 0.1) is 18.3 Å². The van der Waals surface area contributed by atoms with Crippen LogP contribution in [0.5, 0.6) is 5.88 Å². The maximum Gasteiger partial charge on any atom is 0.255 e. The number of H-pyrrole nitrogens is 2. The number of nitrogens with one attached hydrogen (secondary N) is 3. The van der Waals surface area contributed by atoms with E-state index in [0.29, 0.717) is 11.4 Å². The Kier molecular flexibility index (Phi) is 7.17. The number of methoxy groups -OCH3 is 1. The van der Waals surface area contributed by atoms with E-state index in [1.807, 2.05) is 13.2 Å². The summed E-state index contributed by atoms with van der Waals surface area (Å²) in [6.45, 7) is 1.86. The van der Waals surface area contributed by atoms with Crippen LogP contribution in [-0.2, 0) is 11.2 Å². The molecule has 0 atom stereocenters. The minimum atomic E-state index is -0.357. The largest absolute Gasteiger partial charge is 0.481 e. The first-order chi connectivity index (χ1) is 12.5. The standard InChI is InChI=1S/C16H19N5O3S2/c1-9-10(7-17)15(18-11(9)4-5-25-3)19-13(23)8-26-16-20-12(22)6-14(21-16)24-2/h6,18H,4-5,8H2,1-3H3,(H,19,23)(H,20,21,22). The summed E-state index contributed by atoms with van der Waals surface area (Å²) in [7, 11) is 1.41. The van der Waals surface area contributed by atoms with Crippen molar-refractivity contribution in [1.29, 1.82) is 5.26 Å². The molecule has 0 aliphatic carbocycles. The summed E-state index contributed by atoms with van der Waals surface area (Å²) < 4.78 is 4.93. The van der Waals surface area contributed by atoms with Crippen LogP contribution in [0.15, 0.2) is 16.0 Å². The molecule has 1 amide bonds. The topological polar surface area (TPSA) is 124 Å². The van der Waals surface area contributed by atoms with E-state index in [1.54, 1.807) is 11.8 Å². The lowest BCUT2D eigenvalue weighted by atomic mass is 10.1. The molecule has 0 radical (unpaired) electrons. The van der Waals surface area contributed by atoms with Gasteiger partial charge in [-0.1, -0.05) is 11.8 Å². The van der Waals surface area contributed by atoms with E-state index in [2.05, 4.69) is 26.3 Å². The molecule has 0 fully saturated rings. The lowest BCUT2D eigenvalue weighted by molar-refractivity contribution is -0.113. The number of amides is 1. The molecule has 26 heavy (non-hydrogen) atoms. The number of hydrogen-bond acceptors (Lipinski definition) is 7. The summed E-state index contributed by atoms with van der Waals surface area (Å²) in [5.74, 6) is 1.22. The molecule has 0 aromatic carbocycles. The normalized spacial score (nSPS) is 10.4. The van der Waals surface area contributed by atoms with Crippen molar-refractivity contribution in [3.8, 4) is 11.9 Å². The molecule has 0 aliphatic rings. The molecule has 10 heteroatoms. The number of aromatic nitrogens is 3. The molecule has 2 rings (SSSR count). The van der Waals surface area contributed by atoms with Gasteiger partial charge in [0.05, 0.1) is 24.5 Å². The Labute approximate surface area is 159 Å². The second-order valence-electron chi connectivity index (χ2n) is 5.26. The Morgan fingerprint density at radius 2 is 2.23 bits per heavy atom. The van der Waals surface area contributed by atoms with Crippen molar-refractivity contribution in [2.24, 2.45) is 0 Å². The van der Waals surface area contributed by atoms with Crippen molar-refractivity contribution >= 4 is 35.2 Å². The molecule has 2 aromatic heterocycles. The van der Waals surface area contributed by atoms with Crippen molar-refractivity contribution < 1.29 is 9.53 Å². The van der Waals surface area contributed by atoms with Gasteiger partial charge in [-0.05, 0) is 30.9 Å². The summed E-state index contributed by atoms with van der Waals surface area (Å²) in [5.41, 5.74) is 1.87. The van der Waals surface area contributed by atoms with Gasteiger partial charge >= 0.3 is 0 Å². The zero-order valence-corrected chi connectivity index (χ0v) is 16.3. The van der Waals surface area contributed by atoms with Gasteiger partial charge in [-0.2, -0.15) is 22.0 Å². The molecule has 0 bridgehead atoms. The highest BCUT2D eigenvalue weighted by Gasteiger charge is 2.16. The maximum absolute atomic E-state index is 12.2. The predicted octanol–water partition coefficient (Wildman–Crippen LogP) is 1.92. The number of nitrogens with zero attached hydrogens (tertiary/aromatic N) is 2. The molecule has 0 spiro atoms. The van der Waals surface area contributed by atoms with Crippen LogP contribution in [0.25, 0.3) is 0 Å². The molecule has 0 saturated carbocycles. The first-order valence-electron chi connectivity index (χ1n) is 7.67. The maximum atomic E-state index is 12.2. The van der Waals surface area contributed by atoms with E-state index in [1.165, 1.54) is 13.2 Å². The summed E-state index contributed by atoms with van der Waals surface area (Å²) in [6.07, 6.45) is 2.81. The lowest BCUT2D eigenvalue weighted by Gasteiger charge is -2.04. The molecule has 3 N–H and O–H groups in total. The van der Waals surface area contributed by atoms with Gasteiger partial charge in [0, 0.05) is 5.69 Å². The average Bonchev–Trinajstić information content (AvgIpc) is 2.92. The minimum Gasteiger partial charge on any atom is -0.481 e. The Hall–Kier alpha value is -2.38. The number of aryl methyl sites for hydroxylation is 1. The van der Waals surface area contributed by atoms with Crippen LogP contribution >= 0.6 is 23.5 Å². The fraction of sp³-hybridized carbons (Fsp3) is 0.375. The van der Waals surface area contributed by atoms with Gasteiger partial charge in [-0.15, -0.1) is 0 Å². The predicted molar refractivity (Wildman–Crippen MR) is 103 cm³/mol. The van der Waals surface area contributed by atoms with Gasteiger partial charge in [-0.25, -0.2) is 0 Å². The van der Waals surface area contributed by atoms with Gasteiger partial charge in [0.1, 0.15) is 11.9 Å². The van der Waals surface area contributed by atoms with Gasteiger partial charge < -0.3 is 20.0 Å². The fourth-order valence-corrected chi connectivity index (χ4v) is 3.30. The molecule has 0 aliphatic heterocycles. The monoisotopic (exact) mass is 393 g/mol. The van der Waals surface area contributed by atoms with Crippen molar-refractivity contribution in [2.75, 3.05) is 30.2 Å². The Morgan fingerprint density at radius 1 is 1.46 bits per heavy atom. The molecule has 0 unspecified atom stereocenters. The Morgan fingerprint density at radius 3 is 2.88 bits per heavy atom. The highest BCUT2D eigenvalue weighted by Crippen LogP contribution is 2.23. The molecule has 2 heterocycles. The van der Waals surface area contributed by atoms with Crippen LogP contribution in [0.1, 0.15) is 16.8 Å². The summed E-state index contributed by atoms with van der Waals surface area (Å²) in [5, 5.41) is 12.4. The van der Waals surface area contributed by atoms with E-state index in [9.17, 15) is 14.9 Å². The quantitative estimate of drug-likeness (QED) is 0.462. The van der Waals surface area contributed by atoms with Gasteiger partial charge in [0.15, 0.2) is 5.16 Å². The van der Waals surface area contributed by atoms with Crippen molar-refractivity contribution in [2.45, 2.75) is 18.5 Å². The number of hydrogen-bond donors (Lipinski definition) is 3. The third kappa shape index (κ3) is 5.06. The highest BCUT2D eigenvalue weighted by atomic mass is 32.2. The van der Waals surface area contributed by atoms with E-state index in [-0.39, 0.29) is 28.3 Å². The van der Waals surface area contributed by atoms with Gasteiger partial charge in [-0.3, -0.25) is 9.59 Å². The third-order valence-electron chi connectivity index (χ3n) is 3.53. The first kappa shape index (κ1) is 19.9. The Balaban J connectivity index is 2.05. The van der Waals surface area contributed by atoms with Gasteiger partial charge in [0.25, 0.3) is 5.56 Å². The second kappa shape index (κ2) is 9.35. The zero-order valence-electron chi connectivity index (χ0n) is 14.6. The summed E-state index contributed by atoms with van der Waals surface area (Å²) >= 11 is 2.78. The SMILES string of the molecule is COc1cc(=O)[nH]c(SCC(=O)Nc2[nH]c(CCSC)c(C)c2C#N)n1. The molecular weight excluding hydrogens is 374 g/mol. The minimum absolute atomic E-state index is 0.0270. The van der Waals surface area contributed by atoms with Crippen LogP contribution in [0.4, 0.5) is 5.82 Å². The summed E-state index contributed by atoms with van der Waals surface area (Å²) in [6, 6.07) is 3.35. The van der Waals surface area contributed by atoms with Crippen molar-refractivity contribution in [3.63, 3.8) is 0 Å². The molecule has 8 nitrogen and oxygen atoms in total. The lowest BCUT2D eigenvalue weighted by Crippen LogP contribution is -2.16. The number of thioether (sulfide) groups is 2.